The summed E-state index contributed by atoms with van der Waals surface area (Å²) in [5.41, 5.74) is 0.927. The van der Waals surface area contributed by atoms with Gasteiger partial charge in [-0.25, -0.2) is 9.97 Å². The number of phenolic OH excluding ortho intramolecular Hbond substituents is 1. The van der Waals surface area contributed by atoms with E-state index in [-0.39, 0.29) is 11.7 Å². The molecule has 0 bridgehead atoms. The van der Waals surface area contributed by atoms with Gasteiger partial charge in [-0.05, 0) is 24.3 Å². The highest BCUT2D eigenvalue weighted by atomic mass is 16.5. The third-order valence-electron chi connectivity index (χ3n) is 3.48. The van der Waals surface area contributed by atoms with Crippen molar-refractivity contribution < 1.29 is 19.4 Å². The number of benzene rings is 2. The Labute approximate surface area is 137 Å². The van der Waals surface area contributed by atoms with Crippen LogP contribution in [0.3, 0.4) is 0 Å². The van der Waals surface area contributed by atoms with Gasteiger partial charge in [0.15, 0.2) is 11.5 Å². The zero-order valence-corrected chi connectivity index (χ0v) is 13.1. The minimum Gasteiger partial charge on any atom is -0.508 e. The van der Waals surface area contributed by atoms with Crippen molar-refractivity contribution in [3.8, 4) is 17.2 Å². The van der Waals surface area contributed by atoms with Crippen molar-refractivity contribution in [2.24, 2.45) is 0 Å². The summed E-state index contributed by atoms with van der Waals surface area (Å²) in [5.74, 6) is 1.01. The number of fused-ring (bicyclic) bond motifs is 1. The summed E-state index contributed by atoms with van der Waals surface area (Å²) >= 11 is 0. The second-order valence-corrected chi connectivity index (χ2v) is 4.95. The lowest BCUT2D eigenvalue weighted by Crippen LogP contribution is -2.13. The Hall–Kier alpha value is -3.35. The van der Waals surface area contributed by atoms with Crippen molar-refractivity contribution in [3.63, 3.8) is 0 Å². The molecule has 122 valence electrons. The smallest absolute Gasteiger partial charge is 0.256 e. The van der Waals surface area contributed by atoms with Crippen LogP contribution in [0.4, 0.5) is 5.82 Å². The van der Waals surface area contributed by atoms with Crippen LogP contribution in [0, 0.1) is 0 Å². The number of ether oxygens (including phenoxy) is 2. The monoisotopic (exact) mass is 325 g/mol. The number of aromatic nitrogens is 2. The molecule has 0 unspecified atom stereocenters. The average molecular weight is 325 g/mol. The van der Waals surface area contributed by atoms with Gasteiger partial charge in [-0.1, -0.05) is 6.07 Å². The number of phenols is 1. The normalized spacial score (nSPS) is 10.4. The highest BCUT2D eigenvalue weighted by molar-refractivity contribution is 6.08. The van der Waals surface area contributed by atoms with E-state index in [0.717, 1.165) is 0 Å². The Morgan fingerprint density at radius 2 is 1.83 bits per heavy atom. The molecular weight excluding hydrogens is 310 g/mol. The van der Waals surface area contributed by atoms with E-state index in [1.54, 1.807) is 24.3 Å². The number of methoxy groups -OCH3 is 2. The summed E-state index contributed by atoms with van der Waals surface area (Å²) in [5, 5.41) is 12.8. The molecule has 1 heterocycles. The minimum atomic E-state index is -0.388. The number of amides is 1. The molecule has 0 fully saturated rings. The largest absolute Gasteiger partial charge is 0.508 e. The zero-order chi connectivity index (χ0) is 17.1. The van der Waals surface area contributed by atoms with E-state index in [4.69, 9.17) is 9.47 Å². The molecule has 0 radical (unpaired) electrons. The Bertz CT molecular complexity index is 911. The van der Waals surface area contributed by atoms with Crippen LogP contribution >= 0.6 is 0 Å². The lowest BCUT2D eigenvalue weighted by Gasteiger charge is -2.11. The summed E-state index contributed by atoms with van der Waals surface area (Å²) in [6.07, 6.45) is 1.35. The quantitative estimate of drug-likeness (QED) is 0.766. The van der Waals surface area contributed by atoms with Gasteiger partial charge in [-0.2, -0.15) is 0 Å². The Balaban J connectivity index is 2.01. The van der Waals surface area contributed by atoms with Crippen LogP contribution in [-0.2, 0) is 0 Å². The molecule has 7 nitrogen and oxygen atoms in total. The first-order chi connectivity index (χ1) is 11.6. The maximum atomic E-state index is 12.3. The third-order valence-corrected chi connectivity index (χ3v) is 3.48. The zero-order valence-electron chi connectivity index (χ0n) is 13.1. The maximum absolute atomic E-state index is 12.3. The number of nitrogens with one attached hydrogen (secondary N) is 1. The maximum Gasteiger partial charge on any atom is 0.256 e. The van der Waals surface area contributed by atoms with E-state index in [1.165, 1.54) is 32.7 Å². The molecule has 1 aromatic heterocycles. The van der Waals surface area contributed by atoms with Crippen molar-refractivity contribution in [3.05, 3.63) is 48.3 Å². The van der Waals surface area contributed by atoms with Gasteiger partial charge in [-0.3, -0.25) is 4.79 Å². The van der Waals surface area contributed by atoms with Gasteiger partial charge in [-0.15, -0.1) is 0 Å². The molecular formula is C17H15N3O4. The summed E-state index contributed by atoms with van der Waals surface area (Å²) in [6, 6.07) is 9.47. The number of aromatic hydroxyl groups is 1. The van der Waals surface area contributed by atoms with Crippen molar-refractivity contribution in [1.29, 1.82) is 0 Å². The lowest BCUT2D eigenvalue weighted by atomic mass is 10.2. The molecule has 0 aliphatic rings. The van der Waals surface area contributed by atoms with E-state index in [9.17, 15) is 9.90 Å². The van der Waals surface area contributed by atoms with Gasteiger partial charge in [0, 0.05) is 17.0 Å². The van der Waals surface area contributed by atoms with E-state index in [1.807, 2.05) is 0 Å². The van der Waals surface area contributed by atoms with Crippen molar-refractivity contribution in [2.45, 2.75) is 0 Å². The third kappa shape index (κ3) is 2.91. The molecule has 0 spiro atoms. The van der Waals surface area contributed by atoms with Gasteiger partial charge in [0.2, 0.25) is 0 Å². The van der Waals surface area contributed by atoms with Crippen molar-refractivity contribution >= 4 is 22.6 Å². The van der Waals surface area contributed by atoms with E-state index >= 15 is 0 Å². The summed E-state index contributed by atoms with van der Waals surface area (Å²) in [6.45, 7) is 0. The van der Waals surface area contributed by atoms with Crippen LogP contribution in [0.5, 0.6) is 17.2 Å². The van der Waals surface area contributed by atoms with Crippen molar-refractivity contribution in [1.82, 2.24) is 9.97 Å². The first kappa shape index (κ1) is 15.5. The molecule has 24 heavy (non-hydrogen) atoms. The van der Waals surface area contributed by atoms with Crippen molar-refractivity contribution in [2.75, 3.05) is 19.5 Å². The molecule has 2 N–H and O–H groups in total. The number of rotatable bonds is 4. The molecule has 7 heteroatoms. The van der Waals surface area contributed by atoms with Gasteiger partial charge >= 0.3 is 0 Å². The summed E-state index contributed by atoms with van der Waals surface area (Å²) in [4.78, 5) is 20.7. The fraction of sp³-hybridized carbons (Fsp3) is 0.118. The number of hydrogen-bond acceptors (Lipinski definition) is 6. The predicted octanol–water partition coefficient (Wildman–Crippen LogP) is 2.60. The second kappa shape index (κ2) is 6.41. The van der Waals surface area contributed by atoms with Crippen LogP contribution in [0.1, 0.15) is 10.4 Å². The van der Waals surface area contributed by atoms with Gasteiger partial charge in [0.1, 0.15) is 17.9 Å². The van der Waals surface area contributed by atoms with Gasteiger partial charge in [0.25, 0.3) is 5.91 Å². The van der Waals surface area contributed by atoms with Gasteiger partial charge < -0.3 is 19.9 Å². The number of carbonyl (C=O) groups excluding carboxylic acids is 1. The standard InChI is InChI=1S/C17H15N3O4/c1-23-14-7-12-13(8-15(14)24-2)18-9-19-16(12)20-17(22)10-4-3-5-11(21)6-10/h3-9,21H,1-2H3,(H,18,19,20,22). The number of anilines is 1. The summed E-state index contributed by atoms with van der Waals surface area (Å²) in [7, 11) is 3.06. The van der Waals surface area contributed by atoms with Gasteiger partial charge in [0.05, 0.1) is 19.7 Å². The van der Waals surface area contributed by atoms with E-state index in [2.05, 4.69) is 15.3 Å². The summed E-state index contributed by atoms with van der Waals surface area (Å²) < 4.78 is 10.5. The number of hydrogen-bond donors (Lipinski definition) is 2. The molecule has 3 aromatic rings. The molecule has 0 aliphatic heterocycles. The number of carbonyl (C=O) groups is 1. The molecule has 0 saturated heterocycles. The van der Waals surface area contributed by atoms with Crippen LogP contribution in [0.25, 0.3) is 10.9 Å². The van der Waals surface area contributed by atoms with E-state index < -0.39 is 0 Å². The highest BCUT2D eigenvalue weighted by Crippen LogP contribution is 2.33. The highest BCUT2D eigenvalue weighted by Gasteiger charge is 2.14. The SMILES string of the molecule is COc1cc2ncnc(NC(=O)c3cccc(O)c3)c2cc1OC. The fourth-order valence-corrected chi connectivity index (χ4v) is 2.31. The Morgan fingerprint density at radius 1 is 1.08 bits per heavy atom. The molecule has 2 aromatic carbocycles. The topological polar surface area (TPSA) is 93.6 Å². The average Bonchev–Trinajstić information content (AvgIpc) is 2.60. The van der Waals surface area contributed by atoms with Crippen LogP contribution < -0.4 is 14.8 Å². The fourth-order valence-electron chi connectivity index (χ4n) is 2.31. The molecule has 3 rings (SSSR count). The van der Waals surface area contributed by atoms with Crippen LogP contribution in [0.15, 0.2) is 42.7 Å². The second-order valence-electron chi connectivity index (χ2n) is 4.95. The Kier molecular flexibility index (Phi) is 4.15. The van der Waals surface area contributed by atoms with Crippen LogP contribution in [-0.4, -0.2) is 35.2 Å². The molecule has 0 aliphatic carbocycles. The lowest BCUT2D eigenvalue weighted by molar-refractivity contribution is 0.102. The molecule has 0 saturated carbocycles. The number of nitrogens with zero attached hydrogens (tertiary/aromatic N) is 2. The van der Waals surface area contributed by atoms with E-state index in [0.29, 0.717) is 33.8 Å². The first-order valence-corrected chi connectivity index (χ1v) is 7.09. The molecule has 1 amide bonds. The Morgan fingerprint density at radius 3 is 2.54 bits per heavy atom. The van der Waals surface area contributed by atoms with Crippen LogP contribution in [0.2, 0.25) is 0 Å². The first-order valence-electron chi connectivity index (χ1n) is 7.09. The predicted molar refractivity (Wildman–Crippen MR) is 88.7 cm³/mol. The minimum absolute atomic E-state index is 0.0154. The molecule has 0 atom stereocenters.